The number of rotatable bonds is 8. The summed E-state index contributed by atoms with van der Waals surface area (Å²) < 4.78 is 21.5. The number of anilines is 1. The van der Waals surface area contributed by atoms with Crippen LogP contribution in [0.3, 0.4) is 0 Å². The van der Waals surface area contributed by atoms with Gasteiger partial charge in [-0.3, -0.25) is 9.59 Å². The van der Waals surface area contributed by atoms with Crippen molar-refractivity contribution in [1.82, 2.24) is 5.32 Å². The Kier molecular flexibility index (Phi) is 6.56. The molecule has 8 nitrogen and oxygen atoms in total. The number of amides is 2. The Morgan fingerprint density at radius 1 is 1.00 bits per heavy atom. The zero-order chi connectivity index (χ0) is 19.8. The van der Waals surface area contributed by atoms with Crippen LogP contribution in [0.2, 0.25) is 0 Å². The van der Waals surface area contributed by atoms with Gasteiger partial charge in [0.05, 0.1) is 7.11 Å². The van der Waals surface area contributed by atoms with E-state index >= 15 is 0 Å². The summed E-state index contributed by atoms with van der Waals surface area (Å²) in [5.41, 5.74) is 0.611. The van der Waals surface area contributed by atoms with Crippen molar-refractivity contribution >= 4 is 17.5 Å². The Morgan fingerprint density at radius 2 is 1.75 bits per heavy atom. The van der Waals surface area contributed by atoms with E-state index in [-0.39, 0.29) is 31.4 Å². The fourth-order valence-corrected chi connectivity index (χ4v) is 2.59. The van der Waals surface area contributed by atoms with Gasteiger partial charge in [0.15, 0.2) is 29.6 Å². The number of fused-ring (bicyclic) bond motifs is 1. The molecule has 0 atom stereocenters. The summed E-state index contributed by atoms with van der Waals surface area (Å²) >= 11 is 0. The Balaban J connectivity index is 1.38. The predicted molar refractivity (Wildman–Crippen MR) is 102 cm³/mol. The molecule has 0 saturated carbocycles. The maximum atomic E-state index is 12.0. The topological polar surface area (TPSA) is 95.1 Å². The van der Waals surface area contributed by atoms with Crippen molar-refractivity contribution in [3.8, 4) is 23.0 Å². The van der Waals surface area contributed by atoms with Crippen LogP contribution in [0.4, 0.5) is 5.69 Å². The maximum absolute atomic E-state index is 12.0. The Morgan fingerprint density at radius 3 is 2.54 bits per heavy atom. The third-order valence-corrected chi connectivity index (χ3v) is 3.93. The monoisotopic (exact) mass is 386 g/mol. The van der Waals surface area contributed by atoms with Crippen LogP contribution >= 0.6 is 0 Å². The summed E-state index contributed by atoms with van der Waals surface area (Å²) in [6.45, 7) is 1.03. The molecule has 2 aromatic rings. The van der Waals surface area contributed by atoms with Gasteiger partial charge in [-0.25, -0.2) is 0 Å². The van der Waals surface area contributed by atoms with E-state index in [0.29, 0.717) is 41.9 Å². The molecule has 0 unspecified atom stereocenters. The SMILES string of the molecule is COc1ccccc1OCC(=O)NCCC(=O)Nc1ccc2c(c1)OCCO2. The van der Waals surface area contributed by atoms with Crippen molar-refractivity contribution in [2.75, 3.05) is 38.8 Å². The lowest BCUT2D eigenvalue weighted by molar-refractivity contribution is -0.123. The van der Waals surface area contributed by atoms with Gasteiger partial charge in [0, 0.05) is 24.7 Å². The van der Waals surface area contributed by atoms with Crippen molar-refractivity contribution < 1.29 is 28.5 Å². The smallest absolute Gasteiger partial charge is 0.257 e. The van der Waals surface area contributed by atoms with Gasteiger partial charge in [-0.2, -0.15) is 0 Å². The first kappa shape index (κ1) is 19.3. The molecule has 0 aromatic heterocycles. The molecule has 1 aliphatic heterocycles. The zero-order valence-electron chi connectivity index (χ0n) is 15.5. The van der Waals surface area contributed by atoms with Crippen LogP contribution < -0.4 is 29.6 Å². The lowest BCUT2D eigenvalue weighted by atomic mass is 10.2. The number of ether oxygens (including phenoxy) is 4. The van der Waals surface area contributed by atoms with Gasteiger partial charge in [0.25, 0.3) is 5.91 Å². The molecule has 2 N–H and O–H groups in total. The van der Waals surface area contributed by atoms with E-state index in [1.807, 2.05) is 6.07 Å². The molecule has 1 aliphatic rings. The number of carbonyl (C=O) groups is 2. The molecule has 0 fully saturated rings. The van der Waals surface area contributed by atoms with E-state index in [4.69, 9.17) is 18.9 Å². The van der Waals surface area contributed by atoms with Gasteiger partial charge in [-0.1, -0.05) is 12.1 Å². The molecule has 2 aromatic carbocycles. The van der Waals surface area contributed by atoms with Crippen molar-refractivity contribution in [3.63, 3.8) is 0 Å². The van der Waals surface area contributed by atoms with Crippen LogP contribution in [-0.2, 0) is 9.59 Å². The quantitative estimate of drug-likeness (QED) is 0.721. The van der Waals surface area contributed by atoms with Crippen LogP contribution in [0.5, 0.6) is 23.0 Å². The van der Waals surface area contributed by atoms with Crippen molar-refractivity contribution in [2.45, 2.75) is 6.42 Å². The van der Waals surface area contributed by atoms with Gasteiger partial charge in [-0.05, 0) is 24.3 Å². The van der Waals surface area contributed by atoms with Crippen LogP contribution in [0.15, 0.2) is 42.5 Å². The number of hydrogen-bond acceptors (Lipinski definition) is 6. The summed E-state index contributed by atoms with van der Waals surface area (Å²) in [6, 6.07) is 12.3. The van der Waals surface area contributed by atoms with Crippen LogP contribution in [0, 0.1) is 0 Å². The Hall–Kier alpha value is -3.42. The first-order valence-electron chi connectivity index (χ1n) is 8.88. The highest BCUT2D eigenvalue weighted by molar-refractivity contribution is 5.91. The fourth-order valence-electron chi connectivity index (χ4n) is 2.59. The molecule has 0 spiro atoms. The minimum atomic E-state index is -0.321. The van der Waals surface area contributed by atoms with Crippen molar-refractivity contribution in [1.29, 1.82) is 0 Å². The summed E-state index contributed by atoms with van der Waals surface area (Å²) in [6.07, 6.45) is 0.134. The molecule has 28 heavy (non-hydrogen) atoms. The number of para-hydroxylation sites is 2. The summed E-state index contributed by atoms with van der Waals surface area (Å²) in [4.78, 5) is 23.9. The Bertz CT molecular complexity index is 839. The number of nitrogens with one attached hydrogen (secondary N) is 2. The van der Waals surface area contributed by atoms with E-state index in [1.165, 1.54) is 7.11 Å². The first-order chi connectivity index (χ1) is 13.7. The van der Waals surface area contributed by atoms with Crippen LogP contribution in [-0.4, -0.2) is 45.3 Å². The van der Waals surface area contributed by atoms with E-state index in [1.54, 1.807) is 36.4 Å². The number of hydrogen-bond donors (Lipinski definition) is 2. The highest BCUT2D eigenvalue weighted by atomic mass is 16.6. The second-order valence-electron chi connectivity index (χ2n) is 5.95. The van der Waals surface area contributed by atoms with Gasteiger partial charge < -0.3 is 29.6 Å². The van der Waals surface area contributed by atoms with Gasteiger partial charge in [0.2, 0.25) is 5.91 Å². The number of methoxy groups -OCH3 is 1. The highest BCUT2D eigenvalue weighted by Crippen LogP contribution is 2.32. The molecule has 1 heterocycles. The third-order valence-electron chi connectivity index (χ3n) is 3.93. The molecule has 0 bridgehead atoms. The van der Waals surface area contributed by atoms with Crippen molar-refractivity contribution in [2.24, 2.45) is 0 Å². The second-order valence-corrected chi connectivity index (χ2v) is 5.95. The Labute approximate surface area is 162 Å². The van der Waals surface area contributed by atoms with E-state index in [9.17, 15) is 9.59 Å². The van der Waals surface area contributed by atoms with E-state index in [0.717, 1.165) is 0 Å². The average molecular weight is 386 g/mol. The first-order valence-corrected chi connectivity index (χ1v) is 8.88. The standard InChI is InChI=1S/C20H22N2O6/c1-25-15-4-2-3-5-16(15)28-13-20(24)21-9-8-19(23)22-14-6-7-17-18(12-14)27-11-10-26-17/h2-7,12H,8-11,13H2,1H3,(H,21,24)(H,22,23). The summed E-state index contributed by atoms with van der Waals surface area (Å²) in [5, 5.41) is 5.41. The maximum Gasteiger partial charge on any atom is 0.257 e. The van der Waals surface area contributed by atoms with E-state index in [2.05, 4.69) is 10.6 Å². The van der Waals surface area contributed by atoms with E-state index < -0.39 is 0 Å². The fraction of sp³-hybridized carbons (Fsp3) is 0.300. The minimum absolute atomic E-state index is 0.134. The molecule has 2 amide bonds. The van der Waals surface area contributed by atoms with Crippen LogP contribution in [0.1, 0.15) is 6.42 Å². The molecule has 0 radical (unpaired) electrons. The zero-order valence-corrected chi connectivity index (χ0v) is 15.5. The molecule has 3 rings (SSSR count). The molecular formula is C20H22N2O6. The number of benzene rings is 2. The molecule has 148 valence electrons. The lowest BCUT2D eigenvalue weighted by Crippen LogP contribution is -2.31. The van der Waals surface area contributed by atoms with Gasteiger partial charge in [-0.15, -0.1) is 0 Å². The summed E-state index contributed by atoms with van der Waals surface area (Å²) in [5.74, 6) is 1.75. The molecule has 0 aliphatic carbocycles. The average Bonchev–Trinajstić information content (AvgIpc) is 2.72. The van der Waals surface area contributed by atoms with Crippen LogP contribution in [0.25, 0.3) is 0 Å². The minimum Gasteiger partial charge on any atom is -0.493 e. The third kappa shape index (κ3) is 5.29. The van der Waals surface area contributed by atoms with Gasteiger partial charge in [0.1, 0.15) is 13.2 Å². The second kappa shape index (κ2) is 9.50. The van der Waals surface area contributed by atoms with Gasteiger partial charge >= 0.3 is 0 Å². The normalized spacial score (nSPS) is 12.0. The predicted octanol–water partition coefficient (Wildman–Crippen LogP) is 1.99. The number of carbonyl (C=O) groups excluding carboxylic acids is 2. The molecule has 0 saturated heterocycles. The largest absolute Gasteiger partial charge is 0.493 e. The molecule has 8 heteroatoms. The summed E-state index contributed by atoms with van der Waals surface area (Å²) in [7, 11) is 1.53. The lowest BCUT2D eigenvalue weighted by Gasteiger charge is -2.19. The highest BCUT2D eigenvalue weighted by Gasteiger charge is 2.13. The molecular weight excluding hydrogens is 364 g/mol. The van der Waals surface area contributed by atoms with Crippen molar-refractivity contribution in [3.05, 3.63) is 42.5 Å².